The minimum Gasteiger partial charge on any atom is -0.490 e. The summed E-state index contributed by atoms with van der Waals surface area (Å²) in [5.74, 6) is -0.810. The Morgan fingerprint density at radius 1 is 0.912 bits per heavy atom. The van der Waals surface area contributed by atoms with Crippen LogP contribution in [0.3, 0.4) is 0 Å². The first-order valence-electron chi connectivity index (χ1n) is 11.0. The van der Waals surface area contributed by atoms with Crippen LogP contribution >= 0.6 is 7.82 Å². The summed E-state index contributed by atoms with van der Waals surface area (Å²) in [5.41, 5.74) is 1.49. The zero-order valence-electron chi connectivity index (χ0n) is 19.1. The zero-order valence-corrected chi connectivity index (χ0v) is 20.0. The second kappa shape index (κ2) is 12.7. The van der Waals surface area contributed by atoms with Crippen LogP contribution in [0.25, 0.3) is 0 Å². The van der Waals surface area contributed by atoms with Crippen molar-refractivity contribution in [3.8, 4) is 0 Å². The van der Waals surface area contributed by atoms with Crippen molar-refractivity contribution in [2.45, 2.75) is 39.3 Å². The van der Waals surface area contributed by atoms with Gasteiger partial charge in [0.2, 0.25) is 5.76 Å². The van der Waals surface area contributed by atoms with Crippen molar-refractivity contribution >= 4 is 13.8 Å². The summed E-state index contributed by atoms with van der Waals surface area (Å²) in [6, 6.07) is 18.2. The summed E-state index contributed by atoms with van der Waals surface area (Å²) in [5, 5.41) is 10.0. The normalized spacial score (nSPS) is 16.9. The first kappa shape index (κ1) is 25.9. The molecule has 1 aliphatic heterocycles. The van der Waals surface area contributed by atoms with Crippen molar-refractivity contribution in [1.29, 1.82) is 0 Å². The molecule has 3 rings (SSSR count). The third kappa shape index (κ3) is 6.91. The largest absolute Gasteiger partial charge is 0.490 e. The number of benzene rings is 2. The smallest absolute Gasteiger partial charge is 0.475 e. The van der Waals surface area contributed by atoms with Crippen molar-refractivity contribution in [1.82, 2.24) is 0 Å². The number of aliphatic hydroxyl groups is 1. The van der Waals surface area contributed by atoms with Crippen molar-refractivity contribution in [2.24, 2.45) is 0 Å². The van der Waals surface area contributed by atoms with Gasteiger partial charge in [0.1, 0.15) is 6.10 Å². The highest BCUT2D eigenvalue weighted by molar-refractivity contribution is 7.48. The highest BCUT2D eigenvalue weighted by Gasteiger charge is 2.46. The van der Waals surface area contributed by atoms with Crippen LogP contribution in [0.4, 0.5) is 0 Å². The minimum atomic E-state index is -4.25. The fraction of sp³-hybridized carbons (Fsp3) is 0.375. The lowest BCUT2D eigenvalue weighted by atomic mass is 10.2. The Kier molecular flexibility index (Phi) is 9.68. The van der Waals surface area contributed by atoms with Gasteiger partial charge in [0.15, 0.2) is 11.9 Å². The van der Waals surface area contributed by atoms with Crippen molar-refractivity contribution < 1.29 is 42.2 Å². The van der Waals surface area contributed by atoms with E-state index in [2.05, 4.69) is 0 Å². The molecule has 0 bridgehead atoms. The molecule has 2 aromatic rings. The number of hydrogen-bond acceptors (Lipinski definition) is 9. The number of phosphoric acid groups is 1. The quantitative estimate of drug-likeness (QED) is 0.308. The second-order valence-electron chi connectivity index (χ2n) is 7.18. The van der Waals surface area contributed by atoms with E-state index in [1.807, 2.05) is 36.4 Å². The summed E-state index contributed by atoms with van der Waals surface area (Å²) in [6.45, 7) is 3.08. The van der Waals surface area contributed by atoms with E-state index < -0.39 is 32.6 Å². The first-order chi connectivity index (χ1) is 16.5. The molecule has 2 atom stereocenters. The van der Waals surface area contributed by atoms with E-state index >= 15 is 0 Å². The van der Waals surface area contributed by atoms with Crippen LogP contribution in [0.2, 0.25) is 0 Å². The minimum absolute atomic E-state index is 0.0612. The lowest BCUT2D eigenvalue weighted by molar-refractivity contribution is -0.148. The molecule has 0 fully saturated rings. The molecule has 0 radical (unpaired) electrons. The predicted octanol–water partition coefficient (Wildman–Crippen LogP) is 4.12. The molecule has 0 spiro atoms. The Bertz CT molecular complexity index is 947. The Morgan fingerprint density at radius 3 is 1.91 bits per heavy atom. The van der Waals surface area contributed by atoms with E-state index in [0.29, 0.717) is 0 Å². The van der Waals surface area contributed by atoms with Gasteiger partial charge in [-0.15, -0.1) is 0 Å². The number of carbonyl (C=O) groups excluding carboxylic acids is 1. The molecule has 0 aromatic heterocycles. The van der Waals surface area contributed by atoms with Crippen LogP contribution in [-0.4, -0.2) is 43.1 Å². The number of phosphoric ester groups is 1. The molecule has 9 nitrogen and oxygen atoms in total. The number of rotatable bonds is 14. The predicted molar refractivity (Wildman–Crippen MR) is 122 cm³/mol. The molecular formula is C24H29O9P. The van der Waals surface area contributed by atoms with E-state index in [-0.39, 0.29) is 37.9 Å². The van der Waals surface area contributed by atoms with Gasteiger partial charge in [-0.25, -0.2) is 9.36 Å². The van der Waals surface area contributed by atoms with Crippen LogP contribution in [-0.2, 0) is 50.4 Å². The molecule has 0 amide bonds. The average molecular weight is 492 g/mol. The number of carbonyl (C=O) groups is 1. The highest BCUT2D eigenvalue weighted by atomic mass is 31.2. The highest BCUT2D eigenvalue weighted by Crippen LogP contribution is 2.53. The average Bonchev–Trinajstić information content (AvgIpc) is 3.17. The fourth-order valence-corrected chi connectivity index (χ4v) is 4.50. The molecule has 1 aliphatic rings. The number of ether oxygens (including phenoxy) is 3. The van der Waals surface area contributed by atoms with Gasteiger partial charge < -0.3 is 19.3 Å². The SMILES string of the molecule is CCOC1=C(OCC)C(C(CO)OP(=O)(OCc2ccccc2)OCc2ccccc2)OC1=O. The molecule has 0 saturated carbocycles. The Morgan fingerprint density at radius 2 is 1.44 bits per heavy atom. The van der Waals surface area contributed by atoms with E-state index in [9.17, 15) is 14.5 Å². The molecule has 1 heterocycles. The third-order valence-electron chi connectivity index (χ3n) is 4.74. The molecule has 184 valence electrons. The lowest BCUT2D eigenvalue weighted by Crippen LogP contribution is -2.35. The maximum atomic E-state index is 13.6. The molecule has 0 aliphatic carbocycles. The van der Waals surface area contributed by atoms with Gasteiger partial charge in [0.05, 0.1) is 33.0 Å². The van der Waals surface area contributed by atoms with Crippen LogP contribution < -0.4 is 0 Å². The van der Waals surface area contributed by atoms with Gasteiger partial charge in [-0.05, 0) is 25.0 Å². The molecule has 34 heavy (non-hydrogen) atoms. The van der Waals surface area contributed by atoms with Gasteiger partial charge >= 0.3 is 13.8 Å². The van der Waals surface area contributed by atoms with E-state index in [4.69, 9.17) is 27.8 Å². The number of cyclic esters (lactones) is 1. The summed E-state index contributed by atoms with van der Waals surface area (Å²) in [4.78, 5) is 12.3. The maximum absolute atomic E-state index is 13.6. The molecule has 1 N–H and O–H groups in total. The second-order valence-corrected chi connectivity index (χ2v) is 8.80. The maximum Gasteiger partial charge on any atom is 0.475 e. The Balaban J connectivity index is 1.82. The Hall–Kier alpha value is -2.68. The van der Waals surface area contributed by atoms with Gasteiger partial charge in [-0.1, -0.05) is 60.7 Å². The van der Waals surface area contributed by atoms with Crippen LogP contribution in [0.5, 0.6) is 0 Å². The standard InChI is InChI=1S/C24H29O9P/c1-3-28-22-21(32-24(26)23(22)29-4-2)20(15-25)33-34(27,30-16-18-11-7-5-8-12-18)31-17-19-13-9-6-10-14-19/h5-14,20-21,25H,3-4,15-17H2,1-2H3. The number of hydrogen-bond donors (Lipinski definition) is 1. The van der Waals surface area contributed by atoms with Crippen LogP contribution in [0, 0.1) is 0 Å². The first-order valence-corrected chi connectivity index (χ1v) is 12.4. The number of esters is 1. The van der Waals surface area contributed by atoms with Gasteiger partial charge in [0.25, 0.3) is 0 Å². The topological polar surface area (TPSA) is 110 Å². The molecule has 2 aromatic carbocycles. The van der Waals surface area contributed by atoms with Crippen LogP contribution in [0.15, 0.2) is 72.2 Å². The van der Waals surface area contributed by atoms with Gasteiger partial charge in [-0.2, -0.15) is 0 Å². The fourth-order valence-electron chi connectivity index (χ4n) is 3.18. The van der Waals surface area contributed by atoms with Gasteiger partial charge in [0, 0.05) is 0 Å². The van der Waals surface area contributed by atoms with E-state index in [0.717, 1.165) is 11.1 Å². The summed E-state index contributed by atoms with van der Waals surface area (Å²) in [6.07, 6.45) is -2.48. The molecular weight excluding hydrogens is 463 g/mol. The van der Waals surface area contributed by atoms with E-state index in [1.165, 1.54) is 0 Å². The molecule has 0 saturated heterocycles. The summed E-state index contributed by atoms with van der Waals surface area (Å²) in [7, 11) is -4.25. The molecule has 2 unspecified atom stereocenters. The van der Waals surface area contributed by atoms with Crippen molar-refractivity contribution in [2.75, 3.05) is 19.8 Å². The van der Waals surface area contributed by atoms with E-state index in [1.54, 1.807) is 38.1 Å². The lowest BCUT2D eigenvalue weighted by Gasteiger charge is -2.26. The zero-order chi connectivity index (χ0) is 24.4. The monoisotopic (exact) mass is 492 g/mol. The third-order valence-corrected chi connectivity index (χ3v) is 6.16. The van der Waals surface area contributed by atoms with Gasteiger partial charge in [-0.3, -0.25) is 13.6 Å². The Labute approximate surface area is 198 Å². The molecule has 10 heteroatoms. The van der Waals surface area contributed by atoms with Crippen molar-refractivity contribution in [3.63, 3.8) is 0 Å². The number of aliphatic hydroxyl groups excluding tert-OH is 1. The summed E-state index contributed by atoms with van der Waals surface area (Å²) < 4.78 is 46.8. The van der Waals surface area contributed by atoms with Crippen molar-refractivity contribution in [3.05, 3.63) is 83.3 Å². The van der Waals surface area contributed by atoms with Crippen LogP contribution in [0.1, 0.15) is 25.0 Å². The summed E-state index contributed by atoms with van der Waals surface area (Å²) >= 11 is 0.